The third kappa shape index (κ3) is 6.18. The maximum Gasteiger partial charge on any atom is 0.337 e. The van der Waals surface area contributed by atoms with E-state index in [-0.39, 0.29) is 25.4 Å². The molecule has 0 radical (unpaired) electrons. The summed E-state index contributed by atoms with van der Waals surface area (Å²) in [6.07, 6.45) is -0.578. The van der Waals surface area contributed by atoms with Gasteiger partial charge in [0.05, 0.1) is 24.8 Å². The van der Waals surface area contributed by atoms with Crippen molar-refractivity contribution in [3.63, 3.8) is 0 Å². The number of anilines is 1. The Morgan fingerprint density at radius 3 is 2.52 bits per heavy atom. The van der Waals surface area contributed by atoms with E-state index in [1.807, 2.05) is 6.92 Å². The molecule has 9 heteroatoms. The van der Waals surface area contributed by atoms with Crippen LogP contribution in [-0.2, 0) is 20.7 Å². The number of aliphatic hydroxyl groups is 1. The molecule has 2 aromatic carbocycles. The molecule has 1 aliphatic rings. The molecule has 33 heavy (non-hydrogen) atoms. The van der Waals surface area contributed by atoms with Crippen LogP contribution in [0.2, 0.25) is 5.02 Å². The predicted molar refractivity (Wildman–Crippen MR) is 125 cm³/mol. The first-order valence-corrected chi connectivity index (χ1v) is 11.0. The molecular weight excluding hydrogens is 446 g/mol. The Kier molecular flexibility index (Phi) is 8.19. The molecule has 0 spiro atoms. The van der Waals surface area contributed by atoms with Crippen molar-refractivity contribution in [3.05, 3.63) is 64.7 Å². The Balaban J connectivity index is 1.76. The van der Waals surface area contributed by atoms with E-state index in [1.165, 1.54) is 5.01 Å². The summed E-state index contributed by atoms with van der Waals surface area (Å²) in [7, 11) is 0. The first-order chi connectivity index (χ1) is 15.8. The summed E-state index contributed by atoms with van der Waals surface area (Å²) in [6.45, 7) is 3.78. The number of hydrogen-bond donors (Lipinski definition) is 2. The molecule has 2 aromatic rings. The SMILES string of the molecule is CCCOC(=O)C(O)C(Cc1ccccc1Cl)NC(=O)c1ccc(N2N=C(C)CC2=O)cc1. The normalized spacial score (nSPS) is 15.1. The third-order valence-corrected chi connectivity index (χ3v) is 5.44. The van der Waals surface area contributed by atoms with Crippen molar-refractivity contribution in [2.24, 2.45) is 5.10 Å². The average molecular weight is 472 g/mol. The lowest BCUT2D eigenvalue weighted by Crippen LogP contribution is -2.49. The van der Waals surface area contributed by atoms with Gasteiger partial charge in [0.15, 0.2) is 6.10 Å². The number of halogens is 1. The van der Waals surface area contributed by atoms with Crippen molar-refractivity contribution >= 4 is 40.8 Å². The van der Waals surface area contributed by atoms with E-state index in [4.69, 9.17) is 16.3 Å². The van der Waals surface area contributed by atoms with Crippen LogP contribution in [0.5, 0.6) is 0 Å². The Morgan fingerprint density at radius 2 is 1.91 bits per heavy atom. The zero-order valence-electron chi connectivity index (χ0n) is 18.5. The van der Waals surface area contributed by atoms with Crippen LogP contribution < -0.4 is 10.3 Å². The van der Waals surface area contributed by atoms with Gasteiger partial charge in [0.25, 0.3) is 11.8 Å². The quantitative estimate of drug-likeness (QED) is 0.546. The van der Waals surface area contributed by atoms with E-state index in [0.717, 1.165) is 0 Å². The average Bonchev–Trinajstić information content (AvgIpc) is 3.15. The fraction of sp³-hybridized carbons (Fsp3) is 0.333. The van der Waals surface area contributed by atoms with Gasteiger partial charge >= 0.3 is 5.97 Å². The van der Waals surface area contributed by atoms with Crippen LogP contribution in [0.4, 0.5) is 5.69 Å². The number of nitrogens with zero attached hydrogens (tertiary/aromatic N) is 2. The number of ether oxygens (including phenoxy) is 1. The van der Waals surface area contributed by atoms with Gasteiger partial charge in [-0.25, -0.2) is 9.80 Å². The highest BCUT2D eigenvalue weighted by atomic mass is 35.5. The molecule has 0 fully saturated rings. The van der Waals surface area contributed by atoms with Crippen molar-refractivity contribution in [2.45, 2.75) is 45.3 Å². The summed E-state index contributed by atoms with van der Waals surface area (Å²) in [5.41, 5.74) is 2.23. The topological polar surface area (TPSA) is 108 Å². The molecule has 1 heterocycles. The van der Waals surface area contributed by atoms with Crippen LogP contribution in [0.15, 0.2) is 53.6 Å². The second-order valence-corrected chi connectivity index (χ2v) is 8.16. The summed E-state index contributed by atoms with van der Waals surface area (Å²) < 4.78 is 5.06. The summed E-state index contributed by atoms with van der Waals surface area (Å²) in [4.78, 5) is 37.2. The predicted octanol–water partition coefficient (Wildman–Crippen LogP) is 3.11. The molecule has 174 valence electrons. The Hall–Kier alpha value is -3.23. The van der Waals surface area contributed by atoms with Gasteiger partial charge in [-0.3, -0.25) is 9.59 Å². The molecular formula is C24H26ClN3O5. The van der Waals surface area contributed by atoms with E-state index >= 15 is 0 Å². The van der Waals surface area contributed by atoms with Crippen LogP contribution in [0, 0.1) is 0 Å². The van der Waals surface area contributed by atoms with E-state index in [9.17, 15) is 19.5 Å². The molecule has 0 saturated heterocycles. The smallest absolute Gasteiger partial charge is 0.337 e. The van der Waals surface area contributed by atoms with Crippen LogP contribution >= 0.6 is 11.6 Å². The van der Waals surface area contributed by atoms with Crippen molar-refractivity contribution in [1.82, 2.24) is 5.32 Å². The minimum absolute atomic E-state index is 0.127. The highest BCUT2D eigenvalue weighted by molar-refractivity contribution is 6.31. The number of rotatable bonds is 9. The lowest BCUT2D eigenvalue weighted by Gasteiger charge is -2.24. The summed E-state index contributed by atoms with van der Waals surface area (Å²) in [5.74, 6) is -1.45. The number of nitrogens with one attached hydrogen (secondary N) is 1. The molecule has 2 N–H and O–H groups in total. The van der Waals surface area contributed by atoms with Gasteiger partial charge in [0.1, 0.15) is 0 Å². The number of amides is 2. The summed E-state index contributed by atoms with van der Waals surface area (Å²) in [5, 5.41) is 19.3. The Labute approximate surface area is 197 Å². The fourth-order valence-electron chi connectivity index (χ4n) is 3.36. The Bertz CT molecular complexity index is 1050. The van der Waals surface area contributed by atoms with E-state index in [0.29, 0.717) is 34.0 Å². The molecule has 0 bridgehead atoms. The van der Waals surface area contributed by atoms with Gasteiger partial charge in [-0.05, 0) is 55.7 Å². The largest absolute Gasteiger partial charge is 0.464 e. The highest BCUT2D eigenvalue weighted by Gasteiger charge is 2.30. The summed E-state index contributed by atoms with van der Waals surface area (Å²) >= 11 is 6.24. The first-order valence-electron chi connectivity index (χ1n) is 10.7. The molecule has 2 atom stereocenters. The van der Waals surface area contributed by atoms with E-state index in [2.05, 4.69) is 10.4 Å². The van der Waals surface area contributed by atoms with Gasteiger partial charge < -0.3 is 15.2 Å². The molecule has 0 aliphatic carbocycles. The maximum absolute atomic E-state index is 12.9. The van der Waals surface area contributed by atoms with Crippen LogP contribution in [0.3, 0.4) is 0 Å². The number of hydrazone groups is 1. The number of esters is 1. The molecule has 2 unspecified atom stereocenters. The third-order valence-electron chi connectivity index (χ3n) is 5.07. The molecule has 0 aromatic heterocycles. The van der Waals surface area contributed by atoms with Gasteiger partial charge in [-0.2, -0.15) is 5.10 Å². The van der Waals surface area contributed by atoms with Crippen LogP contribution in [0.25, 0.3) is 0 Å². The lowest BCUT2D eigenvalue weighted by atomic mass is 10.0. The second-order valence-electron chi connectivity index (χ2n) is 7.75. The lowest BCUT2D eigenvalue weighted by molar-refractivity contribution is -0.155. The minimum atomic E-state index is -1.57. The first kappa shape index (κ1) is 24.4. The second kappa shape index (κ2) is 11.1. The van der Waals surface area contributed by atoms with Gasteiger partial charge in [0, 0.05) is 16.3 Å². The van der Waals surface area contributed by atoms with Crippen LogP contribution in [0.1, 0.15) is 42.6 Å². The molecule has 1 aliphatic heterocycles. The fourth-order valence-corrected chi connectivity index (χ4v) is 3.57. The van der Waals surface area contributed by atoms with Crippen molar-refractivity contribution in [2.75, 3.05) is 11.6 Å². The number of hydrogen-bond acceptors (Lipinski definition) is 6. The molecule has 8 nitrogen and oxygen atoms in total. The van der Waals surface area contributed by atoms with E-state index < -0.39 is 24.0 Å². The number of benzene rings is 2. The van der Waals surface area contributed by atoms with Gasteiger partial charge in [-0.1, -0.05) is 36.7 Å². The monoisotopic (exact) mass is 471 g/mol. The zero-order valence-corrected chi connectivity index (χ0v) is 19.2. The zero-order chi connectivity index (χ0) is 24.0. The van der Waals surface area contributed by atoms with Gasteiger partial charge in [0.2, 0.25) is 0 Å². The van der Waals surface area contributed by atoms with Crippen LogP contribution in [-0.4, -0.2) is 47.4 Å². The Morgan fingerprint density at radius 1 is 1.21 bits per heavy atom. The standard InChI is InChI=1S/C24H26ClN3O5/c1-3-12-33-24(32)22(30)20(14-17-6-4-5-7-19(17)25)26-23(31)16-8-10-18(11-9-16)28-21(29)13-15(2)27-28/h4-11,20,22,30H,3,12-14H2,1-2H3,(H,26,31). The highest BCUT2D eigenvalue weighted by Crippen LogP contribution is 2.22. The number of carbonyl (C=O) groups is 3. The summed E-state index contributed by atoms with van der Waals surface area (Å²) in [6, 6.07) is 12.4. The van der Waals surface area contributed by atoms with Crippen molar-refractivity contribution in [3.8, 4) is 0 Å². The van der Waals surface area contributed by atoms with Crippen molar-refractivity contribution in [1.29, 1.82) is 0 Å². The van der Waals surface area contributed by atoms with Crippen molar-refractivity contribution < 1.29 is 24.2 Å². The molecule has 3 rings (SSSR count). The number of aliphatic hydroxyl groups excluding tert-OH is 1. The molecule has 2 amide bonds. The molecule has 0 saturated carbocycles. The maximum atomic E-state index is 12.9. The minimum Gasteiger partial charge on any atom is -0.464 e. The van der Waals surface area contributed by atoms with E-state index in [1.54, 1.807) is 55.5 Å². The number of carbonyl (C=O) groups excluding carboxylic acids is 3. The van der Waals surface area contributed by atoms with Gasteiger partial charge in [-0.15, -0.1) is 0 Å².